The molecule has 0 bridgehead atoms. The number of ether oxygens (including phenoxy) is 2. The molecular weight excluding hydrogens is 274 g/mol. The predicted octanol–water partition coefficient (Wildman–Crippen LogP) is 2.95. The Hall–Kier alpha value is -1.10. The van der Waals surface area contributed by atoms with E-state index in [1.54, 1.807) is 13.2 Å². The van der Waals surface area contributed by atoms with E-state index in [0.717, 1.165) is 0 Å². The van der Waals surface area contributed by atoms with Crippen LogP contribution in [0.25, 0.3) is 0 Å². The lowest BCUT2D eigenvalue weighted by Crippen LogP contribution is -2.07. The molecule has 5 heteroatoms. The van der Waals surface area contributed by atoms with E-state index in [-0.39, 0.29) is 11.9 Å². The summed E-state index contributed by atoms with van der Waals surface area (Å²) < 4.78 is 10.7. The maximum absolute atomic E-state index is 9.69. The van der Waals surface area contributed by atoms with Crippen molar-refractivity contribution >= 4 is 21.6 Å². The highest BCUT2D eigenvalue weighted by atomic mass is 79.9. The molecule has 0 heterocycles. The molecule has 0 aliphatic heterocycles. The van der Waals surface area contributed by atoms with Crippen LogP contribution in [0.3, 0.4) is 0 Å². The molecule has 90 valence electrons. The van der Waals surface area contributed by atoms with Gasteiger partial charge in [-0.15, -0.1) is 0 Å². The van der Waals surface area contributed by atoms with Gasteiger partial charge < -0.3 is 19.9 Å². The number of rotatable bonds is 5. The van der Waals surface area contributed by atoms with Crippen LogP contribution in [0.5, 0.6) is 17.2 Å². The number of hydrogen-bond acceptors (Lipinski definition) is 4. The average Bonchev–Trinajstić information content (AvgIpc) is 2.22. The Balaban J connectivity index is 3.07. The third-order valence-electron chi connectivity index (χ3n) is 1.90. The number of phenols is 1. The number of hydrogen-bond donors (Lipinski definition) is 2. The van der Waals surface area contributed by atoms with Crippen molar-refractivity contribution in [3.05, 3.63) is 12.1 Å². The Bertz CT molecular complexity index is 355. The summed E-state index contributed by atoms with van der Waals surface area (Å²) in [5.41, 5.74) is 1.15. The van der Waals surface area contributed by atoms with Gasteiger partial charge in [0.2, 0.25) is 0 Å². The molecular formula is C11H16BrNO3. The van der Waals surface area contributed by atoms with Gasteiger partial charge in [-0.3, -0.25) is 0 Å². The van der Waals surface area contributed by atoms with Crippen LogP contribution in [-0.4, -0.2) is 23.8 Å². The Kier molecular flexibility index (Phi) is 4.73. The fraction of sp³-hybridized carbons (Fsp3) is 0.455. The first kappa shape index (κ1) is 13.0. The van der Waals surface area contributed by atoms with Crippen molar-refractivity contribution in [1.29, 1.82) is 0 Å². The maximum Gasteiger partial charge on any atom is 0.164 e. The molecule has 0 radical (unpaired) electrons. The van der Waals surface area contributed by atoms with Gasteiger partial charge in [0.25, 0.3) is 0 Å². The van der Waals surface area contributed by atoms with Gasteiger partial charge in [0.05, 0.1) is 24.4 Å². The number of alkyl halides is 1. The number of benzene rings is 1. The predicted molar refractivity (Wildman–Crippen MR) is 67.8 cm³/mol. The van der Waals surface area contributed by atoms with Gasteiger partial charge in [-0.05, 0) is 13.8 Å². The van der Waals surface area contributed by atoms with Crippen LogP contribution in [0.4, 0.5) is 5.69 Å². The number of methoxy groups -OCH3 is 1. The topological polar surface area (TPSA) is 50.7 Å². The molecule has 0 saturated heterocycles. The first-order chi connectivity index (χ1) is 7.58. The van der Waals surface area contributed by atoms with Gasteiger partial charge in [0.1, 0.15) is 5.75 Å². The highest BCUT2D eigenvalue weighted by Gasteiger charge is 2.11. The van der Waals surface area contributed by atoms with Gasteiger partial charge in [-0.2, -0.15) is 0 Å². The van der Waals surface area contributed by atoms with E-state index in [1.807, 2.05) is 13.8 Å². The number of nitrogens with one attached hydrogen (secondary N) is 1. The maximum atomic E-state index is 9.69. The van der Waals surface area contributed by atoms with Gasteiger partial charge in [0.15, 0.2) is 11.5 Å². The summed E-state index contributed by atoms with van der Waals surface area (Å²) in [7, 11) is 1.54. The fourth-order valence-corrected chi connectivity index (χ4v) is 1.57. The molecule has 0 aliphatic rings. The largest absolute Gasteiger partial charge is 0.506 e. The van der Waals surface area contributed by atoms with Crippen LogP contribution in [0.2, 0.25) is 0 Å². The lowest BCUT2D eigenvalue weighted by atomic mass is 10.2. The van der Waals surface area contributed by atoms with Crippen LogP contribution in [0, 0.1) is 0 Å². The first-order valence-electron chi connectivity index (χ1n) is 4.96. The molecule has 0 unspecified atom stereocenters. The van der Waals surface area contributed by atoms with Crippen LogP contribution in [-0.2, 0) is 0 Å². The molecule has 0 fully saturated rings. The molecule has 2 N–H and O–H groups in total. The summed E-state index contributed by atoms with van der Waals surface area (Å²) in [6.07, 6.45) is 0.0512. The number of phenolic OH excluding ortho intramolecular Hbond substituents is 1. The van der Waals surface area contributed by atoms with E-state index in [9.17, 15) is 5.11 Å². The van der Waals surface area contributed by atoms with Gasteiger partial charge in [-0.25, -0.2) is 0 Å². The average molecular weight is 290 g/mol. The highest BCUT2D eigenvalue weighted by Crippen LogP contribution is 2.37. The Labute approximate surface area is 104 Å². The first-order valence-corrected chi connectivity index (χ1v) is 6.08. The zero-order valence-electron chi connectivity index (χ0n) is 9.58. The quantitative estimate of drug-likeness (QED) is 0.497. The SMILES string of the molecule is COc1cc(O)c(NCBr)cc1OC(C)C. The monoisotopic (exact) mass is 289 g/mol. The van der Waals surface area contributed by atoms with Crippen molar-refractivity contribution in [1.82, 2.24) is 0 Å². The number of halogens is 1. The van der Waals surface area contributed by atoms with E-state index in [2.05, 4.69) is 21.2 Å². The molecule has 0 spiro atoms. The standard InChI is InChI=1S/C11H16BrNO3/c1-7(2)16-11-4-8(13-6-12)9(14)5-10(11)15-3/h4-5,7,13-14H,6H2,1-3H3. The summed E-state index contributed by atoms with van der Waals surface area (Å²) in [5, 5.41) is 12.7. The lowest BCUT2D eigenvalue weighted by Gasteiger charge is -2.16. The van der Waals surface area contributed by atoms with E-state index < -0.39 is 0 Å². The van der Waals surface area contributed by atoms with Gasteiger partial charge in [0, 0.05) is 12.1 Å². The molecule has 16 heavy (non-hydrogen) atoms. The summed E-state index contributed by atoms with van der Waals surface area (Å²) in [6, 6.07) is 3.25. The summed E-state index contributed by atoms with van der Waals surface area (Å²) in [5.74, 6) is 1.26. The van der Waals surface area contributed by atoms with Crippen molar-refractivity contribution < 1.29 is 14.6 Å². The molecule has 0 saturated carbocycles. The van der Waals surface area contributed by atoms with Crippen molar-refractivity contribution in [2.24, 2.45) is 0 Å². The van der Waals surface area contributed by atoms with Crippen molar-refractivity contribution in [2.75, 3.05) is 17.9 Å². The smallest absolute Gasteiger partial charge is 0.164 e. The second-order valence-corrected chi connectivity index (χ2v) is 4.06. The number of aromatic hydroxyl groups is 1. The third-order valence-corrected chi connectivity index (χ3v) is 2.18. The summed E-state index contributed by atoms with van der Waals surface area (Å²) >= 11 is 3.24. The molecule has 4 nitrogen and oxygen atoms in total. The number of anilines is 1. The minimum absolute atomic E-state index is 0.0512. The van der Waals surface area contributed by atoms with E-state index in [0.29, 0.717) is 22.6 Å². The minimum Gasteiger partial charge on any atom is -0.506 e. The molecule has 0 aromatic heterocycles. The summed E-state index contributed by atoms with van der Waals surface area (Å²) in [6.45, 7) is 3.87. The molecule has 1 aromatic rings. The van der Waals surface area contributed by atoms with Gasteiger partial charge >= 0.3 is 0 Å². The Morgan fingerprint density at radius 3 is 2.56 bits per heavy atom. The molecule has 0 atom stereocenters. The van der Waals surface area contributed by atoms with Crippen molar-refractivity contribution in [3.8, 4) is 17.2 Å². The van der Waals surface area contributed by atoms with E-state index >= 15 is 0 Å². The highest BCUT2D eigenvalue weighted by molar-refractivity contribution is 9.09. The van der Waals surface area contributed by atoms with Crippen LogP contribution >= 0.6 is 15.9 Å². The normalized spacial score (nSPS) is 10.3. The fourth-order valence-electron chi connectivity index (χ4n) is 1.27. The van der Waals surface area contributed by atoms with Crippen LogP contribution in [0.15, 0.2) is 12.1 Å². The van der Waals surface area contributed by atoms with Crippen molar-refractivity contribution in [3.63, 3.8) is 0 Å². The van der Waals surface area contributed by atoms with E-state index in [4.69, 9.17) is 9.47 Å². The zero-order valence-corrected chi connectivity index (χ0v) is 11.2. The second-order valence-electron chi connectivity index (χ2n) is 3.50. The molecule has 0 aliphatic carbocycles. The van der Waals surface area contributed by atoms with Crippen molar-refractivity contribution in [2.45, 2.75) is 20.0 Å². The molecule has 1 aromatic carbocycles. The van der Waals surface area contributed by atoms with E-state index in [1.165, 1.54) is 6.07 Å². The Morgan fingerprint density at radius 2 is 2.06 bits per heavy atom. The van der Waals surface area contributed by atoms with Crippen LogP contribution in [0.1, 0.15) is 13.8 Å². The van der Waals surface area contributed by atoms with Crippen LogP contribution < -0.4 is 14.8 Å². The minimum atomic E-state index is 0.0512. The second kappa shape index (κ2) is 5.84. The molecule has 0 amide bonds. The third kappa shape index (κ3) is 3.20. The Morgan fingerprint density at radius 1 is 1.38 bits per heavy atom. The lowest BCUT2D eigenvalue weighted by molar-refractivity contribution is 0.230. The zero-order chi connectivity index (χ0) is 12.1. The molecule has 1 rings (SSSR count). The summed E-state index contributed by atoms with van der Waals surface area (Å²) in [4.78, 5) is 0. The van der Waals surface area contributed by atoms with Gasteiger partial charge in [-0.1, -0.05) is 15.9 Å².